The van der Waals surface area contributed by atoms with Crippen molar-refractivity contribution in [1.29, 1.82) is 0 Å². The van der Waals surface area contributed by atoms with E-state index in [2.05, 4.69) is 24.9 Å². The molecule has 0 aromatic carbocycles. The van der Waals surface area contributed by atoms with Crippen molar-refractivity contribution in [3.8, 4) is 0 Å². The molecular formula is C4H2N4O. The lowest BCUT2D eigenvalue weighted by molar-refractivity contribution is 0.314. The zero-order chi connectivity index (χ0) is 6.10. The SMILES string of the molecule is c1ncc2nonc2n1. The largest absolute Gasteiger partial charge is 0.242 e. The molecule has 0 radical (unpaired) electrons. The quantitative estimate of drug-likeness (QED) is 0.492. The van der Waals surface area contributed by atoms with Crippen LogP contribution in [0.5, 0.6) is 0 Å². The summed E-state index contributed by atoms with van der Waals surface area (Å²) in [5.41, 5.74) is 1.07. The third-order valence-electron chi connectivity index (χ3n) is 0.939. The number of hydrogen-bond donors (Lipinski definition) is 0. The van der Waals surface area contributed by atoms with Crippen LogP contribution in [0.3, 0.4) is 0 Å². The number of aromatic nitrogens is 4. The van der Waals surface area contributed by atoms with E-state index in [1.54, 1.807) is 6.20 Å². The summed E-state index contributed by atoms with van der Waals surface area (Å²) in [5, 5.41) is 6.99. The maximum Gasteiger partial charge on any atom is 0.227 e. The van der Waals surface area contributed by atoms with Crippen LogP contribution < -0.4 is 0 Å². The molecule has 0 aliphatic carbocycles. The number of nitrogens with zero attached hydrogens (tertiary/aromatic N) is 4. The van der Waals surface area contributed by atoms with Gasteiger partial charge < -0.3 is 0 Å². The van der Waals surface area contributed by atoms with Crippen LogP contribution in [0.4, 0.5) is 0 Å². The van der Waals surface area contributed by atoms with E-state index in [0.717, 1.165) is 0 Å². The lowest BCUT2D eigenvalue weighted by Crippen LogP contribution is -1.76. The Morgan fingerprint density at radius 1 is 1.33 bits per heavy atom. The number of rotatable bonds is 0. The van der Waals surface area contributed by atoms with Crippen LogP contribution in [-0.4, -0.2) is 20.3 Å². The number of hydrogen-bond acceptors (Lipinski definition) is 5. The van der Waals surface area contributed by atoms with Gasteiger partial charge in [-0.05, 0) is 10.3 Å². The van der Waals surface area contributed by atoms with Crippen LogP contribution in [0, 0.1) is 0 Å². The second-order valence-corrected chi connectivity index (χ2v) is 1.50. The van der Waals surface area contributed by atoms with Crippen molar-refractivity contribution in [3.63, 3.8) is 0 Å². The van der Waals surface area contributed by atoms with Crippen molar-refractivity contribution in [1.82, 2.24) is 20.3 Å². The molecule has 2 aromatic heterocycles. The summed E-state index contributed by atoms with van der Waals surface area (Å²) in [4.78, 5) is 7.47. The van der Waals surface area contributed by atoms with Crippen molar-refractivity contribution in [2.24, 2.45) is 0 Å². The molecule has 0 spiro atoms. The van der Waals surface area contributed by atoms with Crippen LogP contribution in [0.15, 0.2) is 17.2 Å². The van der Waals surface area contributed by atoms with E-state index < -0.39 is 0 Å². The van der Waals surface area contributed by atoms with Gasteiger partial charge in [-0.1, -0.05) is 0 Å². The predicted octanol–water partition coefficient (Wildman–Crippen LogP) is 0.0128. The average molecular weight is 122 g/mol. The first-order chi connectivity index (χ1) is 4.47. The molecule has 0 N–H and O–H groups in total. The normalized spacial score (nSPS) is 10.2. The summed E-state index contributed by atoms with van der Waals surface area (Å²) in [7, 11) is 0. The van der Waals surface area contributed by atoms with E-state index in [0.29, 0.717) is 11.2 Å². The fraction of sp³-hybridized carbons (Fsp3) is 0. The van der Waals surface area contributed by atoms with Crippen LogP contribution in [-0.2, 0) is 0 Å². The fourth-order valence-electron chi connectivity index (χ4n) is 0.554. The minimum absolute atomic E-state index is 0.491. The van der Waals surface area contributed by atoms with Crippen molar-refractivity contribution in [3.05, 3.63) is 12.5 Å². The summed E-state index contributed by atoms with van der Waals surface area (Å²) in [5.74, 6) is 0. The molecule has 0 aliphatic rings. The average Bonchev–Trinajstić information content (AvgIpc) is 2.33. The second-order valence-electron chi connectivity index (χ2n) is 1.50. The zero-order valence-corrected chi connectivity index (χ0v) is 4.35. The van der Waals surface area contributed by atoms with Crippen LogP contribution in [0.2, 0.25) is 0 Å². The Hall–Kier alpha value is -1.52. The molecule has 0 bridgehead atoms. The standard InChI is InChI=1S/C4H2N4O/c1-3-4(6-2-5-1)8-9-7-3/h1-2H. The Morgan fingerprint density at radius 2 is 2.33 bits per heavy atom. The van der Waals surface area contributed by atoms with Crippen molar-refractivity contribution in [2.45, 2.75) is 0 Å². The highest BCUT2D eigenvalue weighted by Crippen LogP contribution is 1.99. The van der Waals surface area contributed by atoms with Crippen molar-refractivity contribution < 1.29 is 4.63 Å². The first kappa shape index (κ1) is 4.37. The molecule has 0 fully saturated rings. The van der Waals surface area contributed by atoms with Crippen molar-refractivity contribution in [2.75, 3.05) is 0 Å². The predicted molar refractivity (Wildman–Crippen MR) is 27.4 cm³/mol. The first-order valence-electron chi connectivity index (χ1n) is 2.35. The lowest BCUT2D eigenvalue weighted by Gasteiger charge is -1.75. The monoisotopic (exact) mass is 122 g/mol. The molecule has 44 valence electrons. The smallest absolute Gasteiger partial charge is 0.227 e. The molecule has 0 saturated heterocycles. The van der Waals surface area contributed by atoms with E-state index in [4.69, 9.17) is 0 Å². The Labute approximate surface area is 49.7 Å². The molecule has 9 heavy (non-hydrogen) atoms. The van der Waals surface area contributed by atoms with Gasteiger partial charge in [0.1, 0.15) is 6.33 Å². The summed E-state index contributed by atoms with van der Waals surface area (Å²) in [6, 6.07) is 0. The highest BCUT2D eigenvalue weighted by atomic mass is 16.6. The molecule has 0 amide bonds. The first-order valence-corrected chi connectivity index (χ1v) is 2.35. The zero-order valence-electron chi connectivity index (χ0n) is 4.35. The minimum atomic E-state index is 0.491. The molecule has 0 atom stereocenters. The minimum Gasteiger partial charge on any atom is -0.242 e. The molecule has 0 saturated carbocycles. The van der Waals surface area contributed by atoms with Gasteiger partial charge in [0.15, 0.2) is 5.52 Å². The van der Waals surface area contributed by atoms with E-state index in [1.165, 1.54) is 6.33 Å². The molecule has 5 heteroatoms. The number of fused-ring (bicyclic) bond motifs is 1. The molecule has 5 nitrogen and oxygen atoms in total. The Balaban J connectivity index is 2.95. The summed E-state index contributed by atoms with van der Waals surface area (Å²) < 4.78 is 4.36. The Morgan fingerprint density at radius 3 is 3.22 bits per heavy atom. The van der Waals surface area contributed by atoms with Gasteiger partial charge in [0, 0.05) is 0 Å². The molecular weight excluding hydrogens is 120 g/mol. The maximum absolute atomic E-state index is 4.36. The molecule has 0 aliphatic heterocycles. The van der Waals surface area contributed by atoms with Crippen LogP contribution in [0.1, 0.15) is 0 Å². The third-order valence-corrected chi connectivity index (χ3v) is 0.939. The second kappa shape index (κ2) is 1.48. The summed E-state index contributed by atoms with van der Waals surface area (Å²) >= 11 is 0. The maximum atomic E-state index is 4.36. The van der Waals surface area contributed by atoms with Gasteiger partial charge >= 0.3 is 0 Å². The molecule has 2 aromatic rings. The van der Waals surface area contributed by atoms with E-state index in [1.807, 2.05) is 0 Å². The molecule has 2 rings (SSSR count). The van der Waals surface area contributed by atoms with Crippen molar-refractivity contribution >= 4 is 11.2 Å². The third kappa shape index (κ3) is 0.543. The van der Waals surface area contributed by atoms with E-state index in [-0.39, 0.29) is 0 Å². The van der Waals surface area contributed by atoms with Crippen LogP contribution in [0.25, 0.3) is 11.2 Å². The Bertz CT molecular complexity index is 287. The molecule has 2 heterocycles. The van der Waals surface area contributed by atoms with Gasteiger partial charge in [0.25, 0.3) is 0 Å². The van der Waals surface area contributed by atoms with Gasteiger partial charge in [0.2, 0.25) is 5.65 Å². The van der Waals surface area contributed by atoms with Gasteiger partial charge in [0.05, 0.1) is 6.20 Å². The van der Waals surface area contributed by atoms with Crippen LogP contribution >= 0.6 is 0 Å². The highest BCUT2D eigenvalue weighted by Gasteiger charge is 1.96. The summed E-state index contributed by atoms with van der Waals surface area (Å²) in [6.45, 7) is 0. The van der Waals surface area contributed by atoms with E-state index >= 15 is 0 Å². The lowest BCUT2D eigenvalue weighted by atomic mass is 10.6. The van der Waals surface area contributed by atoms with Gasteiger partial charge in [-0.2, -0.15) is 0 Å². The van der Waals surface area contributed by atoms with Gasteiger partial charge in [-0.3, -0.25) is 0 Å². The van der Waals surface area contributed by atoms with Gasteiger partial charge in [-0.15, -0.1) is 0 Å². The highest BCUT2D eigenvalue weighted by molar-refractivity contribution is 5.65. The Kier molecular flexibility index (Phi) is 0.717. The molecule has 0 unspecified atom stereocenters. The topological polar surface area (TPSA) is 64.7 Å². The summed E-state index contributed by atoms with van der Waals surface area (Å²) in [6.07, 6.45) is 2.94. The van der Waals surface area contributed by atoms with Gasteiger partial charge in [-0.25, -0.2) is 14.6 Å². The fourth-order valence-corrected chi connectivity index (χ4v) is 0.554. The van der Waals surface area contributed by atoms with E-state index in [9.17, 15) is 0 Å².